The summed E-state index contributed by atoms with van der Waals surface area (Å²) in [6.07, 6.45) is 3.51. The Labute approximate surface area is 144 Å². The first-order valence-electron chi connectivity index (χ1n) is 6.83. The fraction of sp³-hybridized carbons (Fsp3) is 0.250. The Balaban J connectivity index is 2.00. The van der Waals surface area contributed by atoms with E-state index in [4.69, 9.17) is 23.8 Å². The molecule has 3 nitrogen and oxygen atoms in total. The molecule has 1 atom stereocenters. The number of halogens is 1. The summed E-state index contributed by atoms with van der Waals surface area (Å²) >= 11 is 13.2. The van der Waals surface area contributed by atoms with Gasteiger partial charge in [-0.25, -0.2) is 0 Å². The minimum absolute atomic E-state index is 0.468. The number of aromatic nitrogens is 1. The maximum atomic E-state index is 11.3. The van der Waals surface area contributed by atoms with Crippen LogP contribution < -0.4 is 0 Å². The lowest BCUT2D eigenvalue weighted by Crippen LogP contribution is -2.44. The summed E-state index contributed by atoms with van der Waals surface area (Å²) in [5.74, 6) is 0.468. The molecule has 0 radical (unpaired) electrons. The van der Waals surface area contributed by atoms with Gasteiger partial charge in [0.05, 0.1) is 5.75 Å². The third kappa shape index (κ3) is 2.86. The maximum Gasteiger partial charge on any atom is 0.176 e. The molecule has 0 saturated carbocycles. The van der Waals surface area contributed by atoms with Crippen LogP contribution in [0.1, 0.15) is 16.7 Å². The molecule has 0 amide bonds. The average molecular weight is 351 g/mol. The topological polar surface area (TPSA) is 36.4 Å². The van der Waals surface area contributed by atoms with E-state index >= 15 is 0 Å². The van der Waals surface area contributed by atoms with Crippen LogP contribution in [0.2, 0.25) is 5.02 Å². The molecule has 0 aliphatic carbocycles. The van der Waals surface area contributed by atoms with Gasteiger partial charge in [-0.2, -0.15) is 0 Å². The number of aryl methyl sites for hydroxylation is 1. The van der Waals surface area contributed by atoms with Crippen LogP contribution in [0.4, 0.5) is 0 Å². The normalized spacial score (nSPS) is 21.4. The molecule has 1 N–H and O–H groups in total. The van der Waals surface area contributed by atoms with E-state index in [0.29, 0.717) is 27.2 Å². The predicted octanol–water partition coefficient (Wildman–Crippen LogP) is 3.72. The predicted molar refractivity (Wildman–Crippen MR) is 94.9 cm³/mol. The minimum Gasteiger partial charge on any atom is -0.366 e. The largest absolute Gasteiger partial charge is 0.366 e. The summed E-state index contributed by atoms with van der Waals surface area (Å²) in [5, 5.41) is 11.8. The SMILES string of the molecule is Cc1ccc(Cl)c(C2(O)CSC(=S)N2Cc2cccnc2)c1. The van der Waals surface area contributed by atoms with E-state index in [1.165, 1.54) is 11.8 Å². The maximum absolute atomic E-state index is 11.3. The summed E-state index contributed by atoms with van der Waals surface area (Å²) < 4.78 is 0.670. The molecular formula is C16H15ClN2OS2. The van der Waals surface area contributed by atoms with E-state index in [2.05, 4.69) is 4.98 Å². The van der Waals surface area contributed by atoms with Crippen molar-refractivity contribution in [1.29, 1.82) is 0 Å². The van der Waals surface area contributed by atoms with Gasteiger partial charge < -0.3 is 10.0 Å². The van der Waals surface area contributed by atoms with Gasteiger partial charge in [0.25, 0.3) is 0 Å². The zero-order valence-electron chi connectivity index (χ0n) is 12.0. The Morgan fingerprint density at radius 3 is 3.00 bits per heavy atom. The summed E-state index contributed by atoms with van der Waals surface area (Å²) in [4.78, 5) is 5.94. The van der Waals surface area contributed by atoms with E-state index in [1.807, 2.05) is 42.2 Å². The molecule has 0 bridgehead atoms. The summed E-state index contributed by atoms with van der Waals surface area (Å²) in [7, 11) is 0. The molecule has 1 aromatic carbocycles. The van der Waals surface area contributed by atoms with Crippen LogP contribution >= 0.6 is 35.6 Å². The second-order valence-electron chi connectivity index (χ2n) is 5.30. The molecule has 1 unspecified atom stereocenters. The first-order valence-corrected chi connectivity index (χ1v) is 8.60. The first kappa shape index (κ1) is 15.7. The van der Waals surface area contributed by atoms with Crippen LogP contribution in [0.5, 0.6) is 0 Å². The number of thiocarbonyl (C=S) groups is 1. The van der Waals surface area contributed by atoms with E-state index in [0.717, 1.165) is 11.1 Å². The van der Waals surface area contributed by atoms with Gasteiger partial charge in [-0.3, -0.25) is 4.98 Å². The summed E-state index contributed by atoms with van der Waals surface area (Å²) in [5.41, 5.74) is 1.55. The summed E-state index contributed by atoms with van der Waals surface area (Å²) in [6, 6.07) is 9.52. The molecule has 2 heterocycles. The van der Waals surface area contributed by atoms with Gasteiger partial charge in [-0.15, -0.1) is 0 Å². The number of hydrogen-bond donors (Lipinski definition) is 1. The van der Waals surface area contributed by atoms with Gasteiger partial charge in [-0.05, 0) is 30.7 Å². The van der Waals surface area contributed by atoms with Gasteiger partial charge in [0.2, 0.25) is 0 Å². The van der Waals surface area contributed by atoms with Crippen LogP contribution in [-0.2, 0) is 12.3 Å². The van der Waals surface area contributed by atoms with E-state index < -0.39 is 5.72 Å². The van der Waals surface area contributed by atoms with Crippen LogP contribution in [0, 0.1) is 6.92 Å². The van der Waals surface area contributed by atoms with E-state index in [1.54, 1.807) is 12.4 Å². The van der Waals surface area contributed by atoms with Crippen molar-refractivity contribution in [2.75, 3.05) is 5.75 Å². The molecule has 114 valence electrons. The fourth-order valence-corrected chi connectivity index (χ4v) is 4.18. The molecule has 3 rings (SSSR count). The van der Waals surface area contributed by atoms with E-state index in [9.17, 15) is 5.11 Å². The van der Waals surface area contributed by atoms with Crippen molar-refractivity contribution in [1.82, 2.24) is 9.88 Å². The average Bonchev–Trinajstić information content (AvgIpc) is 2.80. The highest BCUT2D eigenvalue weighted by Crippen LogP contribution is 2.42. The van der Waals surface area contributed by atoms with Crippen LogP contribution in [0.15, 0.2) is 42.7 Å². The first-order chi connectivity index (χ1) is 10.5. The Morgan fingerprint density at radius 2 is 2.27 bits per heavy atom. The van der Waals surface area contributed by atoms with Crippen LogP contribution in [0.3, 0.4) is 0 Å². The number of thioether (sulfide) groups is 1. The highest BCUT2D eigenvalue weighted by molar-refractivity contribution is 8.23. The van der Waals surface area contributed by atoms with Gasteiger partial charge in [0.1, 0.15) is 4.32 Å². The highest BCUT2D eigenvalue weighted by Gasteiger charge is 2.45. The van der Waals surface area contributed by atoms with Gasteiger partial charge in [-0.1, -0.05) is 53.3 Å². The molecule has 22 heavy (non-hydrogen) atoms. The van der Waals surface area contributed by atoms with Gasteiger partial charge in [0.15, 0.2) is 5.72 Å². The third-order valence-electron chi connectivity index (χ3n) is 3.68. The lowest BCUT2D eigenvalue weighted by molar-refractivity contribution is -0.0508. The van der Waals surface area contributed by atoms with Crippen molar-refractivity contribution in [3.63, 3.8) is 0 Å². The monoisotopic (exact) mass is 350 g/mol. The lowest BCUT2D eigenvalue weighted by atomic mass is 10.0. The molecule has 1 fully saturated rings. The smallest absolute Gasteiger partial charge is 0.176 e. The number of aliphatic hydroxyl groups is 1. The summed E-state index contributed by atoms with van der Waals surface area (Å²) in [6.45, 7) is 2.48. The van der Waals surface area contributed by atoms with Crippen molar-refractivity contribution in [2.24, 2.45) is 0 Å². The van der Waals surface area contributed by atoms with Crippen molar-refractivity contribution >= 4 is 39.9 Å². The molecular weight excluding hydrogens is 336 g/mol. The molecule has 2 aromatic rings. The second kappa shape index (κ2) is 6.16. The zero-order valence-corrected chi connectivity index (χ0v) is 14.4. The second-order valence-corrected chi connectivity index (χ2v) is 7.32. The highest BCUT2D eigenvalue weighted by atomic mass is 35.5. The molecule has 6 heteroatoms. The minimum atomic E-state index is -1.19. The van der Waals surface area contributed by atoms with Crippen molar-refractivity contribution in [3.05, 3.63) is 64.4 Å². The number of pyridine rings is 1. The number of rotatable bonds is 3. The number of hydrogen-bond acceptors (Lipinski definition) is 4. The van der Waals surface area contributed by atoms with E-state index in [-0.39, 0.29) is 0 Å². The number of nitrogens with zero attached hydrogens (tertiary/aromatic N) is 2. The third-order valence-corrected chi connectivity index (χ3v) is 5.60. The molecule has 1 aliphatic rings. The van der Waals surface area contributed by atoms with Crippen LogP contribution in [-0.4, -0.2) is 25.1 Å². The Kier molecular flexibility index (Phi) is 4.41. The van der Waals surface area contributed by atoms with Crippen molar-refractivity contribution < 1.29 is 5.11 Å². The van der Waals surface area contributed by atoms with Crippen molar-refractivity contribution in [3.8, 4) is 0 Å². The molecule has 1 aliphatic heterocycles. The lowest BCUT2D eigenvalue weighted by Gasteiger charge is -2.35. The molecule has 1 saturated heterocycles. The van der Waals surface area contributed by atoms with Gasteiger partial charge >= 0.3 is 0 Å². The number of benzene rings is 1. The molecule has 0 spiro atoms. The Bertz CT molecular complexity index is 711. The Morgan fingerprint density at radius 1 is 1.45 bits per heavy atom. The van der Waals surface area contributed by atoms with Crippen molar-refractivity contribution in [2.45, 2.75) is 19.2 Å². The quantitative estimate of drug-likeness (QED) is 0.854. The molecule has 1 aromatic heterocycles. The fourth-order valence-electron chi connectivity index (χ4n) is 2.51. The van der Waals surface area contributed by atoms with Gasteiger partial charge in [0, 0.05) is 29.5 Å². The standard InChI is InChI=1S/C16H15ClN2OS2/c1-11-4-5-14(17)13(7-11)16(20)10-22-15(21)19(16)9-12-3-2-6-18-8-12/h2-8,20H,9-10H2,1H3. The Hall–Kier alpha value is -1.14. The van der Waals surface area contributed by atoms with Crippen LogP contribution in [0.25, 0.3) is 0 Å². The zero-order chi connectivity index (χ0) is 15.7.